The van der Waals surface area contributed by atoms with Crippen molar-refractivity contribution in [3.63, 3.8) is 0 Å². The molecule has 2 fully saturated rings. The summed E-state index contributed by atoms with van der Waals surface area (Å²) in [5.41, 5.74) is 1.34. The van der Waals surface area contributed by atoms with Crippen LogP contribution in [0.15, 0.2) is 18.3 Å². The van der Waals surface area contributed by atoms with E-state index < -0.39 is 0 Å². The number of pyridine rings is 1. The van der Waals surface area contributed by atoms with Crippen LogP contribution < -0.4 is 4.90 Å². The second-order valence-electron chi connectivity index (χ2n) is 7.04. The summed E-state index contributed by atoms with van der Waals surface area (Å²) in [6.45, 7) is 10.8. The summed E-state index contributed by atoms with van der Waals surface area (Å²) in [6.07, 6.45) is 7.51. The molecule has 3 nitrogen and oxygen atoms in total. The van der Waals surface area contributed by atoms with E-state index in [4.69, 9.17) is 0 Å². The molecule has 0 N–H and O–H groups in total. The average molecular weight is 287 g/mol. The molecule has 0 radical (unpaired) electrons. The highest BCUT2D eigenvalue weighted by atomic mass is 15.2. The Bertz CT molecular complexity index is 426. The lowest BCUT2D eigenvalue weighted by Crippen LogP contribution is -2.38. The summed E-state index contributed by atoms with van der Waals surface area (Å²) in [4.78, 5) is 9.79. The number of hydrogen-bond acceptors (Lipinski definition) is 3. The Labute approximate surface area is 129 Å². The largest absolute Gasteiger partial charge is 0.357 e. The first-order valence-electron chi connectivity index (χ1n) is 8.65. The number of likely N-dealkylation sites (tertiary alicyclic amines) is 1. The molecule has 2 aliphatic heterocycles. The molecule has 0 aromatic carbocycles. The van der Waals surface area contributed by atoms with Crippen molar-refractivity contribution in [1.82, 2.24) is 9.88 Å². The average Bonchev–Trinajstić information content (AvgIpc) is 3.01. The topological polar surface area (TPSA) is 19.4 Å². The predicted octanol–water partition coefficient (Wildman–Crippen LogP) is 3.52. The maximum Gasteiger partial charge on any atom is 0.128 e. The lowest BCUT2D eigenvalue weighted by atomic mass is 9.96. The van der Waals surface area contributed by atoms with Gasteiger partial charge in [0.15, 0.2) is 0 Å². The highest BCUT2D eigenvalue weighted by molar-refractivity contribution is 5.40. The minimum Gasteiger partial charge on any atom is -0.357 e. The molecule has 0 amide bonds. The summed E-state index contributed by atoms with van der Waals surface area (Å²) in [6, 6.07) is 4.44. The van der Waals surface area contributed by atoms with Gasteiger partial charge in [0, 0.05) is 25.8 Å². The molecule has 0 aliphatic carbocycles. The zero-order valence-electron chi connectivity index (χ0n) is 13.6. The first kappa shape index (κ1) is 14.8. The third-order valence-corrected chi connectivity index (χ3v) is 5.09. The van der Waals surface area contributed by atoms with Gasteiger partial charge in [0.1, 0.15) is 5.82 Å². The third kappa shape index (κ3) is 3.76. The number of anilines is 1. The lowest BCUT2D eigenvalue weighted by molar-refractivity contribution is 0.249. The molecule has 1 aromatic heterocycles. The van der Waals surface area contributed by atoms with Crippen LogP contribution in [0.5, 0.6) is 0 Å². The van der Waals surface area contributed by atoms with Gasteiger partial charge in [-0.2, -0.15) is 0 Å². The van der Waals surface area contributed by atoms with Gasteiger partial charge in [-0.15, -0.1) is 0 Å². The Morgan fingerprint density at radius 2 is 1.81 bits per heavy atom. The number of hydrogen-bond donors (Lipinski definition) is 0. The second-order valence-corrected chi connectivity index (χ2v) is 7.04. The molecule has 3 rings (SSSR count). The molecule has 0 bridgehead atoms. The number of nitrogens with zero attached hydrogens (tertiary/aromatic N) is 3. The Morgan fingerprint density at radius 3 is 2.38 bits per heavy atom. The molecule has 2 aliphatic rings. The van der Waals surface area contributed by atoms with Gasteiger partial charge >= 0.3 is 0 Å². The molecule has 3 heteroatoms. The fourth-order valence-electron chi connectivity index (χ4n) is 3.60. The predicted molar refractivity (Wildman–Crippen MR) is 88.9 cm³/mol. The van der Waals surface area contributed by atoms with Crippen LogP contribution in [0.3, 0.4) is 0 Å². The molecule has 0 unspecified atom stereocenters. The van der Waals surface area contributed by atoms with Gasteiger partial charge in [-0.1, -0.05) is 19.9 Å². The van der Waals surface area contributed by atoms with E-state index in [0.717, 1.165) is 5.92 Å². The van der Waals surface area contributed by atoms with Crippen molar-refractivity contribution in [3.05, 3.63) is 23.9 Å². The zero-order chi connectivity index (χ0) is 14.7. The van der Waals surface area contributed by atoms with Crippen LogP contribution in [0.1, 0.15) is 51.0 Å². The van der Waals surface area contributed by atoms with E-state index >= 15 is 0 Å². The van der Waals surface area contributed by atoms with Crippen molar-refractivity contribution in [1.29, 1.82) is 0 Å². The second kappa shape index (κ2) is 6.78. The Balaban J connectivity index is 1.50. The van der Waals surface area contributed by atoms with Crippen LogP contribution >= 0.6 is 0 Å². The van der Waals surface area contributed by atoms with Crippen molar-refractivity contribution in [2.45, 2.75) is 45.4 Å². The van der Waals surface area contributed by atoms with Gasteiger partial charge in [-0.25, -0.2) is 4.98 Å². The molecular formula is C18H29N3. The van der Waals surface area contributed by atoms with Crippen molar-refractivity contribution in [3.8, 4) is 0 Å². The van der Waals surface area contributed by atoms with E-state index in [0.29, 0.717) is 5.92 Å². The highest BCUT2D eigenvalue weighted by Gasteiger charge is 2.23. The van der Waals surface area contributed by atoms with Crippen molar-refractivity contribution in [2.24, 2.45) is 5.92 Å². The highest BCUT2D eigenvalue weighted by Crippen LogP contribution is 2.24. The third-order valence-electron chi connectivity index (χ3n) is 5.09. The van der Waals surface area contributed by atoms with Gasteiger partial charge in [0.2, 0.25) is 0 Å². The smallest absolute Gasteiger partial charge is 0.128 e. The van der Waals surface area contributed by atoms with E-state index in [-0.39, 0.29) is 0 Å². The van der Waals surface area contributed by atoms with Crippen LogP contribution in [0.4, 0.5) is 5.82 Å². The summed E-state index contributed by atoms with van der Waals surface area (Å²) >= 11 is 0. The van der Waals surface area contributed by atoms with Gasteiger partial charge < -0.3 is 9.80 Å². The van der Waals surface area contributed by atoms with E-state index in [1.54, 1.807) is 0 Å². The van der Waals surface area contributed by atoms with Gasteiger partial charge in [-0.3, -0.25) is 0 Å². The van der Waals surface area contributed by atoms with E-state index in [1.807, 2.05) is 0 Å². The zero-order valence-corrected chi connectivity index (χ0v) is 13.6. The van der Waals surface area contributed by atoms with Crippen molar-refractivity contribution >= 4 is 5.82 Å². The minimum absolute atomic E-state index is 0.567. The molecule has 2 saturated heterocycles. The first-order chi connectivity index (χ1) is 10.2. The standard InChI is InChI=1S/C18H29N3/c1-15(2)17-5-6-18(19-13-17)21-11-7-16(8-12-21)14-20-9-3-4-10-20/h5-6,13,15-16H,3-4,7-12,14H2,1-2H3. The van der Waals surface area contributed by atoms with Gasteiger partial charge in [0.05, 0.1) is 0 Å². The molecule has 3 heterocycles. The molecule has 0 saturated carbocycles. The SMILES string of the molecule is CC(C)c1ccc(N2CCC(CN3CCCC3)CC2)nc1. The Kier molecular flexibility index (Phi) is 4.79. The van der Waals surface area contributed by atoms with Crippen molar-refractivity contribution < 1.29 is 0 Å². The summed E-state index contributed by atoms with van der Waals surface area (Å²) in [7, 11) is 0. The fourth-order valence-corrected chi connectivity index (χ4v) is 3.60. The summed E-state index contributed by atoms with van der Waals surface area (Å²) < 4.78 is 0. The lowest BCUT2D eigenvalue weighted by Gasteiger charge is -2.34. The minimum atomic E-state index is 0.567. The number of piperidine rings is 1. The molecular weight excluding hydrogens is 258 g/mol. The molecule has 0 spiro atoms. The van der Waals surface area contributed by atoms with Crippen LogP contribution in [-0.4, -0.2) is 42.6 Å². The maximum atomic E-state index is 4.67. The van der Waals surface area contributed by atoms with Crippen LogP contribution in [0, 0.1) is 5.92 Å². The van der Waals surface area contributed by atoms with E-state index in [1.165, 1.54) is 69.8 Å². The fraction of sp³-hybridized carbons (Fsp3) is 0.722. The Hall–Kier alpha value is -1.09. The van der Waals surface area contributed by atoms with Crippen LogP contribution in [-0.2, 0) is 0 Å². The number of rotatable bonds is 4. The normalized spacial score (nSPS) is 21.4. The Morgan fingerprint density at radius 1 is 1.10 bits per heavy atom. The first-order valence-corrected chi connectivity index (χ1v) is 8.65. The van der Waals surface area contributed by atoms with Gasteiger partial charge in [0.25, 0.3) is 0 Å². The summed E-state index contributed by atoms with van der Waals surface area (Å²) in [5, 5.41) is 0. The van der Waals surface area contributed by atoms with Crippen molar-refractivity contribution in [2.75, 3.05) is 37.6 Å². The van der Waals surface area contributed by atoms with Gasteiger partial charge in [-0.05, 0) is 62.2 Å². The maximum absolute atomic E-state index is 4.67. The number of aromatic nitrogens is 1. The van der Waals surface area contributed by atoms with E-state index in [2.05, 4.69) is 47.0 Å². The van der Waals surface area contributed by atoms with E-state index in [9.17, 15) is 0 Å². The summed E-state index contributed by atoms with van der Waals surface area (Å²) in [5.74, 6) is 2.63. The van der Waals surface area contributed by atoms with Crippen LogP contribution in [0.25, 0.3) is 0 Å². The monoisotopic (exact) mass is 287 g/mol. The molecule has 21 heavy (non-hydrogen) atoms. The molecule has 0 atom stereocenters. The van der Waals surface area contributed by atoms with Crippen LogP contribution in [0.2, 0.25) is 0 Å². The quantitative estimate of drug-likeness (QED) is 0.844. The molecule has 1 aromatic rings. The molecule has 116 valence electrons.